The van der Waals surface area contributed by atoms with Gasteiger partial charge in [0.15, 0.2) is 0 Å². The molecule has 2 heterocycles. The molecule has 0 bridgehead atoms. The van der Waals surface area contributed by atoms with E-state index < -0.39 is 0 Å². The Kier molecular flexibility index (Phi) is 6.06. The maximum absolute atomic E-state index is 11.6. The molecule has 6 heteroatoms. The number of nitrogens with one attached hydrogen (secondary N) is 1. The van der Waals surface area contributed by atoms with Crippen LogP contribution in [0.2, 0.25) is 0 Å². The summed E-state index contributed by atoms with van der Waals surface area (Å²) in [6.07, 6.45) is 2.86. The van der Waals surface area contributed by atoms with E-state index in [1.165, 1.54) is 0 Å². The average molecular weight is 286 g/mol. The molecule has 0 unspecified atom stereocenters. The van der Waals surface area contributed by atoms with Crippen LogP contribution in [0.3, 0.4) is 0 Å². The summed E-state index contributed by atoms with van der Waals surface area (Å²) >= 11 is 0. The van der Waals surface area contributed by atoms with E-state index in [0.717, 1.165) is 39.0 Å². The van der Waals surface area contributed by atoms with Gasteiger partial charge in [-0.25, -0.2) is 4.79 Å². The highest BCUT2D eigenvalue weighted by Crippen LogP contribution is 2.16. The minimum absolute atomic E-state index is 0.131. The molecule has 2 saturated heterocycles. The maximum atomic E-state index is 11.6. The van der Waals surface area contributed by atoms with E-state index in [2.05, 4.69) is 5.32 Å². The zero-order valence-electron chi connectivity index (χ0n) is 12.5. The van der Waals surface area contributed by atoms with Crippen molar-refractivity contribution >= 4 is 6.09 Å². The van der Waals surface area contributed by atoms with Crippen LogP contribution < -0.4 is 5.32 Å². The molecule has 2 fully saturated rings. The smallest absolute Gasteiger partial charge is 0.409 e. The van der Waals surface area contributed by atoms with Crippen molar-refractivity contribution in [2.24, 2.45) is 0 Å². The van der Waals surface area contributed by atoms with E-state index in [9.17, 15) is 4.79 Å². The van der Waals surface area contributed by atoms with Crippen LogP contribution in [-0.2, 0) is 14.2 Å². The van der Waals surface area contributed by atoms with Crippen LogP contribution in [-0.4, -0.2) is 69.2 Å². The first-order valence-corrected chi connectivity index (χ1v) is 7.53. The monoisotopic (exact) mass is 286 g/mol. The van der Waals surface area contributed by atoms with Crippen LogP contribution in [0.25, 0.3) is 0 Å². The molecule has 0 saturated carbocycles. The van der Waals surface area contributed by atoms with Crippen LogP contribution in [0.15, 0.2) is 0 Å². The molecule has 0 aromatic rings. The highest BCUT2D eigenvalue weighted by atomic mass is 16.6. The molecule has 0 radical (unpaired) electrons. The molecule has 1 N–H and O–H groups in total. The maximum Gasteiger partial charge on any atom is 0.409 e. The lowest BCUT2D eigenvalue weighted by molar-refractivity contribution is -0.0534. The number of hydrogen-bond acceptors (Lipinski definition) is 5. The van der Waals surface area contributed by atoms with Crippen molar-refractivity contribution in [1.82, 2.24) is 10.2 Å². The average Bonchev–Trinajstić information content (AvgIpc) is 2.49. The van der Waals surface area contributed by atoms with Crippen molar-refractivity contribution in [1.29, 1.82) is 0 Å². The lowest BCUT2D eigenvalue weighted by Crippen LogP contribution is -2.54. The number of likely N-dealkylation sites (tertiary alicyclic amines) is 1. The predicted octanol–water partition coefficient (Wildman–Crippen LogP) is 1.00. The summed E-state index contributed by atoms with van der Waals surface area (Å²) in [6, 6.07) is 0.800. The van der Waals surface area contributed by atoms with Gasteiger partial charge in [-0.2, -0.15) is 0 Å². The van der Waals surface area contributed by atoms with Crippen molar-refractivity contribution in [3.8, 4) is 0 Å². The lowest BCUT2D eigenvalue weighted by Gasteiger charge is -2.37. The Hall–Kier alpha value is -0.850. The Morgan fingerprint density at radius 1 is 1.35 bits per heavy atom. The van der Waals surface area contributed by atoms with E-state index in [1.54, 1.807) is 12.0 Å². The van der Waals surface area contributed by atoms with Gasteiger partial charge in [0.2, 0.25) is 0 Å². The number of piperidine rings is 1. The lowest BCUT2D eigenvalue weighted by atomic mass is 10.00. The largest absolute Gasteiger partial charge is 0.450 e. The number of nitrogens with zero attached hydrogens (tertiary/aromatic N) is 1. The SMILES string of the molecule is CCOC(=O)N1CCC(N[C@H]2CCOC[C@@H]2OC)CC1. The first-order chi connectivity index (χ1) is 9.74. The molecule has 2 aliphatic heterocycles. The summed E-state index contributed by atoms with van der Waals surface area (Å²) < 4.78 is 15.9. The number of hydrogen-bond donors (Lipinski definition) is 1. The fraction of sp³-hybridized carbons (Fsp3) is 0.929. The van der Waals surface area contributed by atoms with Crippen molar-refractivity contribution in [2.75, 3.05) is 40.0 Å². The van der Waals surface area contributed by atoms with Crippen molar-refractivity contribution in [2.45, 2.75) is 44.4 Å². The second kappa shape index (κ2) is 7.81. The summed E-state index contributed by atoms with van der Waals surface area (Å²) in [4.78, 5) is 13.4. The third kappa shape index (κ3) is 4.07. The van der Waals surface area contributed by atoms with E-state index in [-0.39, 0.29) is 12.2 Å². The Morgan fingerprint density at radius 2 is 2.10 bits per heavy atom. The molecule has 0 aliphatic carbocycles. The summed E-state index contributed by atoms with van der Waals surface area (Å²) in [5, 5.41) is 3.67. The highest BCUT2D eigenvalue weighted by molar-refractivity contribution is 5.67. The minimum atomic E-state index is -0.188. The molecule has 20 heavy (non-hydrogen) atoms. The Labute approximate surface area is 120 Å². The van der Waals surface area contributed by atoms with Gasteiger partial charge in [-0.3, -0.25) is 0 Å². The number of amides is 1. The first-order valence-electron chi connectivity index (χ1n) is 7.53. The van der Waals surface area contributed by atoms with Crippen LogP contribution in [0.1, 0.15) is 26.2 Å². The van der Waals surface area contributed by atoms with E-state index >= 15 is 0 Å². The van der Waals surface area contributed by atoms with Gasteiger partial charge in [0.25, 0.3) is 0 Å². The molecule has 2 rings (SSSR count). The van der Waals surface area contributed by atoms with Crippen LogP contribution >= 0.6 is 0 Å². The molecular formula is C14H26N2O4. The van der Waals surface area contributed by atoms with Gasteiger partial charge in [-0.15, -0.1) is 0 Å². The highest BCUT2D eigenvalue weighted by Gasteiger charge is 2.30. The van der Waals surface area contributed by atoms with E-state index in [0.29, 0.717) is 25.3 Å². The van der Waals surface area contributed by atoms with Gasteiger partial charge in [0, 0.05) is 38.9 Å². The standard InChI is InChI=1S/C14H26N2O4/c1-3-20-14(17)16-7-4-11(5-8-16)15-12-6-9-19-10-13(12)18-2/h11-13,15H,3-10H2,1-2H3/t12-,13-/m0/s1. The number of ether oxygens (including phenoxy) is 3. The first kappa shape index (κ1) is 15.5. The molecule has 0 aromatic heterocycles. The summed E-state index contributed by atoms with van der Waals surface area (Å²) in [7, 11) is 1.73. The molecule has 6 nitrogen and oxygen atoms in total. The van der Waals surface area contributed by atoms with Crippen molar-refractivity contribution < 1.29 is 19.0 Å². The van der Waals surface area contributed by atoms with Gasteiger partial charge >= 0.3 is 6.09 Å². The second-order valence-electron chi connectivity index (χ2n) is 5.37. The molecule has 2 aliphatic rings. The number of rotatable bonds is 4. The quantitative estimate of drug-likeness (QED) is 0.835. The Morgan fingerprint density at radius 3 is 2.75 bits per heavy atom. The normalized spacial score (nSPS) is 28.4. The third-order valence-corrected chi connectivity index (χ3v) is 4.08. The molecule has 0 spiro atoms. The van der Waals surface area contributed by atoms with Crippen LogP contribution in [0.5, 0.6) is 0 Å². The van der Waals surface area contributed by atoms with Gasteiger partial charge in [-0.05, 0) is 26.2 Å². The van der Waals surface area contributed by atoms with E-state index in [4.69, 9.17) is 14.2 Å². The molecule has 2 atom stereocenters. The summed E-state index contributed by atoms with van der Waals surface area (Å²) in [5.74, 6) is 0. The molecule has 1 amide bonds. The topological polar surface area (TPSA) is 60.0 Å². The second-order valence-corrected chi connectivity index (χ2v) is 5.37. The Balaban J connectivity index is 1.74. The molecule has 0 aromatic carbocycles. The molecular weight excluding hydrogens is 260 g/mol. The third-order valence-electron chi connectivity index (χ3n) is 4.08. The number of carbonyl (C=O) groups is 1. The van der Waals surface area contributed by atoms with Gasteiger partial charge in [0.1, 0.15) is 0 Å². The van der Waals surface area contributed by atoms with Crippen molar-refractivity contribution in [3.63, 3.8) is 0 Å². The fourth-order valence-corrected chi connectivity index (χ4v) is 2.88. The van der Waals surface area contributed by atoms with Gasteiger partial charge in [-0.1, -0.05) is 0 Å². The predicted molar refractivity (Wildman–Crippen MR) is 74.8 cm³/mol. The van der Waals surface area contributed by atoms with Crippen LogP contribution in [0, 0.1) is 0 Å². The number of methoxy groups -OCH3 is 1. The zero-order valence-corrected chi connectivity index (χ0v) is 12.5. The fourth-order valence-electron chi connectivity index (χ4n) is 2.88. The van der Waals surface area contributed by atoms with Crippen molar-refractivity contribution in [3.05, 3.63) is 0 Å². The van der Waals surface area contributed by atoms with Crippen LogP contribution in [0.4, 0.5) is 4.79 Å². The Bertz CT molecular complexity index is 306. The van der Waals surface area contributed by atoms with E-state index in [1.807, 2.05) is 6.92 Å². The van der Waals surface area contributed by atoms with Gasteiger partial charge in [0.05, 0.1) is 19.3 Å². The van der Waals surface area contributed by atoms with Gasteiger partial charge < -0.3 is 24.4 Å². The summed E-state index contributed by atoms with van der Waals surface area (Å²) in [5.41, 5.74) is 0. The molecule has 116 valence electrons. The minimum Gasteiger partial charge on any atom is -0.450 e. The zero-order chi connectivity index (χ0) is 14.4. The number of carbonyl (C=O) groups excluding carboxylic acids is 1. The summed E-state index contributed by atoms with van der Waals surface area (Å²) in [6.45, 7) is 5.25.